The van der Waals surface area contributed by atoms with Crippen LogP contribution in [0.15, 0.2) is 35.7 Å². The van der Waals surface area contributed by atoms with E-state index >= 15 is 0 Å². The smallest absolute Gasteiger partial charge is 0.341 e. The number of amides is 3. The molecule has 0 aliphatic carbocycles. The van der Waals surface area contributed by atoms with Gasteiger partial charge in [0.2, 0.25) is 0 Å². The first-order valence-corrected chi connectivity index (χ1v) is 12.3. The average molecular weight is 520 g/mol. The highest BCUT2D eigenvalue weighted by Crippen LogP contribution is 2.29. The van der Waals surface area contributed by atoms with Crippen molar-refractivity contribution in [3.8, 4) is 0 Å². The number of thiazole rings is 1. The first-order valence-electron chi connectivity index (χ1n) is 11.4. The van der Waals surface area contributed by atoms with E-state index in [2.05, 4.69) is 25.8 Å². The number of ether oxygens (including phenoxy) is 1. The molecular formula is C24H33N5O6S. The van der Waals surface area contributed by atoms with E-state index in [1.807, 2.05) is 30.3 Å². The number of esters is 1. The number of nitrogens with zero attached hydrogens (tertiary/aromatic N) is 1. The van der Waals surface area contributed by atoms with Crippen molar-refractivity contribution in [1.82, 2.24) is 15.6 Å². The highest BCUT2D eigenvalue weighted by molar-refractivity contribution is 7.14. The van der Waals surface area contributed by atoms with Crippen LogP contribution in [0.2, 0.25) is 0 Å². The summed E-state index contributed by atoms with van der Waals surface area (Å²) >= 11 is 1.13. The Bertz CT molecular complexity index is 1050. The third-order valence-corrected chi connectivity index (χ3v) is 5.81. The zero-order chi connectivity index (χ0) is 26.8. The Balaban J connectivity index is 1.77. The summed E-state index contributed by atoms with van der Waals surface area (Å²) in [5.41, 5.74) is -1.20. The van der Waals surface area contributed by atoms with Gasteiger partial charge in [0.05, 0.1) is 0 Å². The summed E-state index contributed by atoms with van der Waals surface area (Å²) in [7, 11) is 0. The van der Waals surface area contributed by atoms with Crippen LogP contribution in [0.1, 0.15) is 63.0 Å². The second-order valence-electron chi connectivity index (χ2n) is 9.28. The molecule has 0 aliphatic heterocycles. The van der Waals surface area contributed by atoms with Crippen molar-refractivity contribution in [3.63, 3.8) is 0 Å². The van der Waals surface area contributed by atoms with Gasteiger partial charge in [-0.3, -0.25) is 14.9 Å². The van der Waals surface area contributed by atoms with Gasteiger partial charge in [-0.2, -0.15) is 5.90 Å². The molecule has 5 N–H and O–H groups in total. The number of hydrogen-bond donors (Lipinski definition) is 4. The Morgan fingerprint density at radius 1 is 1.00 bits per heavy atom. The van der Waals surface area contributed by atoms with Gasteiger partial charge in [0.25, 0.3) is 5.91 Å². The van der Waals surface area contributed by atoms with Crippen LogP contribution in [-0.4, -0.2) is 41.0 Å². The van der Waals surface area contributed by atoms with Crippen LogP contribution in [0.4, 0.5) is 9.93 Å². The predicted octanol–water partition coefficient (Wildman–Crippen LogP) is 3.13. The summed E-state index contributed by atoms with van der Waals surface area (Å²) in [4.78, 5) is 57.6. The molecule has 12 heteroatoms. The van der Waals surface area contributed by atoms with Gasteiger partial charge in [-0.15, -0.1) is 11.3 Å². The van der Waals surface area contributed by atoms with Crippen molar-refractivity contribution in [1.29, 1.82) is 0 Å². The third-order valence-electron chi connectivity index (χ3n) is 5.05. The lowest BCUT2D eigenvalue weighted by molar-refractivity contribution is -0.179. The van der Waals surface area contributed by atoms with E-state index in [1.165, 1.54) is 6.92 Å². The molecule has 0 bridgehead atoms. The molecule has 0 aliphatic rings. The van der Waals surface area contributed by atoms with Crippen molar-refractivity contribution in [2.24, 2.45) is 11.3 Å². The number of nitrogens with two attached hydrogens (primary N) is 1. The van der Waals surface area contributed by atoms with Gasteiger partial charge in [0, 0.05) is 18.5 Å². The maximum absolute atomic E-state index is 12.5. The second-order valence-corrected chi connectivity index (χ2v) is 10.1. The number of anilines is 1. The molecule has 1 atom stereocenters. The fraction of sp³-hybridized carbons (Fsp3) is 0.458. The molecule has 11 nitrogen and oxygen atoms in total. The summed E-state index contributed by atoms with van der Waals surface area (Å²) in [6, 6.07) is 9.03. The molecule has 1 aromatic carbocycles. The molecule has 2 aromatic rings. The predicted molar refractivity (Wildman–Crippen MR) is 135 cm³/mol. The van der Waals surface area contributed by atoms with Crippen molar-refractivity contribution in [3.05, 3.63) is 47.0 Å². The molecule has 1 unspecified atom stereocenters. The Morgan fingerprint density at radius 2 is 1.69 bits per heavy atom. The lowest BCUT2D eigenvalue weighted by atomic mass is 9.84. The van der Waals surface area contributed by atoms with Crippen LogP contribution in [0, 0.1) is 5.41 Å². The zero-order valence-corrected chi connectivity index (χ0v) is 21.7. The SMILES string of the molecule is CC(C)(C)OC(=O)C(C)(CCCCNC(=O)c1csc(NC(=O)NCc2ccccc2)n1)C(=O)ON. The minimum absolute atomic E-state index is 0.136. The maximum atomic E-state index is 12.5. The number of nitrogens with one attached hydrogen (secondary N) is 3. The van der Waals surface area contributed by atoms with Gasteiger partial charge in [0.15, 0.2) is 10.5 Å². The van der Waals surface area contributed by atoms with Crippen molar-refractivity contribution < 1.29 is 28.8 Å². The highest BCUT2D eigenvalue weighted by atomic mass is 32.1. The first-order chi connectivity index (χ1) is 16.9. The minimum atomic E-state index is -1.55. The van der Waals surface area contributed by atoms with Crippen LogP contribution in [0.25, 0.3) is 0 Å². The monoisotopic (exact) mass is 519 g/mol. The first kappa shape index (κ1) is 28.7. The molecule has 1 heterocycles. The summed E-state index contributed by atoms with van der Waals surface area (Å²) in [6.45, 7) is 7.18. The number of unbranched alkanes of at least 4 members (excludes halogenated alkanes) is 1. The van der Waals surface area contributed by atoms with Gasteiger partial charge in [-0.1, -0.05) is 30.3 Å². The molecule has 196 valence electrons. The van der Waals surface area contributed by atoms with Crippen LogP contribution in [-0.2, 0) is 25.7 Å². The van der Waals surface area contributed by atoms with E-state index in [4.69, 9.17) is 10.6 Å². The normalized spacial score (nSPS) is 12.7. The van der Waals surface area contributed by atoms with Gasteiger partial charge < -0.3 is 20.2 Å². The number of carbonyl (C=O) groups is 4. The highest BCUT2D eigenvalue weighted by Gasteiger charge is 2.45. The lowest BCUT2D eigenvalue weighted by Gasteiger charge is -2.29. The molecular weight excluding hydrogens is 486 g/mol. The van der Waals surface area contributed by atoms with Crippen LogP contribution in [0.5, 0.6) is 0 Å². The van der Waals surface area contributed by atoms with Crippen molar-refractivity contribution in [2.45, 2.75) is 59.1 Å². The third kappa shape index (κ3) is 8.93. The molecule has 2 rings (SSSR count). The van der Waals surface area contributed by atoms with Crippen LogP contribution >= 0.6 is 11.3 Å². The Kier molecular flexibility index (Phi) is 10.4. The fourth-order valence-electron chi connectivity index (χ4n) is 3.06. The summed E-state index contributed by atoms with van der Waals surface area (Å²) < 4.78 is 5.34. The van der Waals surface area contributed by atoms with Crippen molar-refractivity contribution >= 4 is 40.3 Å². The number of aromatic nitrogens is 1. The number of benzene rings is 1. The van der Waals surface area contributed by atoms with E-state index in [0.29, 0.717) is 31.1 Å². The minimum Gasteiger partial charge on any atom is -0.459 e. The van der Waals surface area contributed by atoms with E-state index in [9.17, 15) is 19.2 Å². The summed E-state index contributed by atoms with van der Waals surface area (Å²) in [5.74, 6) is 3.02. The molecule has 1 aromatic heterocycles. The lowest BCUT2D eigenvalue weighted by Crippen LogP contribution is -2.43. The van der Waals surface area contributed by atoms with E-state index in [-0.39, 0.29) is 12.1 Å². The number of hydrogen-bond acceptors (Lipinski definition) is 9. The zero-order valence-electron chi connectivity index (χ0n) is 20.9. The standard InChI is InChI=1S/C24H33N5O6S/c1-23(2,3)34-19(31)24(4,20(32)35-25)12-8-9-13-26-18(30)17-15-36-22(28-17)29-21(33)27-14-16-10-6-5-7-11-16/h5-7,10-11,15H,8-9,12-14,25H2,1-4H3,(H,26,30)(H2,27,28,29,33). The largest absolute Gasteiger partial charge is 0.459 e. The van der Waals surface area contributed by atoms with Gasteiger partial charge in [0.1, 0.15) is 11.3 Å². The molecule has 0 spiro atoms. The van der Waals surface area contributed by atoms with Crippen molar-refractivity contribution in [2.75, 3.05) is 11.9 Å². The van der Waals surface area contributed by atoms with E-state index in [1.54, 1.807) is 26.2 Å². The van der Waals surface area contributed by atoms with Crippen LogP contribution < -0.4 is 21.8 Å². The van der Waals surface area contributed by atoms with Gasteiger partial charge in [-0.05, 0) is 52.5 Å². The Hall–Kier alpha value is -3.51. The van der Waals surface area contributed by atoms with Gasteiger partial charge in [-0.25, -0.2) is 14.6 Å². The van der Waals surface area contributed by atoms with Gasteiger partial charge >= 0.3 is 18.0 Å². The number of urea groups is 1. The maximum Gasteiger partial charge on any atom is 0.341 e. The average Bonchev–Trinajstić information content (AvgIpc) is 3.29. The quantitative estimate of drug-likeness (QED) is 0.152. The molecule has 0 saturated carbocycles. The Labute approximate surface area is 214 Å². The molecule has 3 amide bonds. The molecule has 0 fully saturated rings. The summed E-state index contributed by atoms with van der Waals surface area (Å²) in [5, 5.41) is 9.88. The van der Waals surface area contributed by atoms with E-state index < -0.39 is 34.9 Å². The topological polar surface area (TPSA) is 162 Å². The number of carbonyl (C=O) groups excluding carboxylic acids is 4. The fourth-order valence-corrected chi connectivity index (χ4v) is 3.74. The Morgan fingerprint density at radius 3 is 2.33 bits per heavy atom. The number of rotatable bonds is 11. The molecule has 0 radical (unpaired) electrons. The second kappa shape index (κ2) is 13.0. The summed E-state index contributed by atoms with van der Waals surface area (Å²) in [6.07, 6.45) is 1.05. The molecule has 36 heavy (non-hydrogen) atoms. The van der Waals surface area contributed by atoms with Crippen LogP contribution in [0.3, 0.4) is 0 Å². The molecule has 0 saturated heterocycles. The van der Waals surface area contributed by atoms with E-state index in [0.717, 1.165) is 16.9 Å².